The van der Waals surface area contributed by atoms with Gasteiger partial charge in [-0.2, -0.15) is 0 Å². The monoisotopic (exact) mass is 251 g/mol. The van der Waals surface area contributed by atoms with Gasteiger partial charge < -0.3 is 5.32 Å². The number of carbonyl (C=O) groups is 1. The van der Waals surface area contributed by atoms with Gasteiger partial charge in [0.05, 0.1) is 5.69 Å². The molecule has 1 heterocycles. The summed E-state index contributed by atoms with van der Waals surface area (Å²) in [4.78, 5) is 11.2. The SMILES string of the molecule is Cc1ccc(-n2cnnn2)cc1NC(=O)CCl. The highest BCUT2D eigenvalue weighted by Gasteiger charge is 2.06. The Balaban J connectivity index is 2.33. The fraction of sp³-hybridized carbons (Fsp3) is 0.200. The van der Waals surface area contributed by atoms with Crippen molar-refractivity contribution in [3.05, 3.63) is 30.1 Å². The number of tetrazole rings is 1. The molecule has 0 unspecified atom stereocenters. The number of benzene rings is 1. The molecule has 0 radical (unpaired) electrons. The van der Waals surface area contributed by atoms with Crippen LogP contribution in [-0.2, 0) is 4.79 Å². The van der Waals surface area contributed by atoms with Crippen LogP contribution >= 0.6 is 11.6 Å². The zero-order chi connectivity index (χ0) is 12.3. The van der Waals surface area contributed by atoms with E-state index >= 15 is 0 Å². The highest BCUT2D eigenvalue weighted by molar-refractivity contribution is 6.29. The molecule has 17 heavy (non-hydrogen) atoms. The third-order valence-electron chi connectivity index (χ3n) is 2.23. The third-order valence-corrected chi connectivity index (χ3v) is 2.47. The van der Waals surface area contributed by atoms with Crippen LogP contribution in [0, 0.1) is 6.92 Å². The molecule has 1 aromatic heterocycles. The van der Waals surface area contributed by atoms with Gasteiger partial charge in [0.15, 0.2) is 0 Å². The van der Waals surface area contributed by atoms with Crippen LogP contribution in [0.1, 0.15) is 5.56 Å². The van der Waals surface area contributed by atoms with Crippen molar-refractivity contribution in [2.45, 2.75) is 6.92 Å². The van der Waals surface area contributed by atoms with Crippen LogP contribution < -0.4 is 5.32 Å². The molecule has 2 aromatic rings. The van der Waals surface area contributed by atoms with Gasteiger partial charge in [-0.15, -0.1) is 16.7 Å². The number of amides is 1. The van der Waals surface area contributed by atoms with Crippen LogP contribution in [0.5, 0.6) is 0 Å². The summed E-state index contributed by atoms with van der Waals surface area (Å²) >= 11 is 5.44. The molecule has 0 bridgehead atoms. The van der Waals surface area contributed by atoms with E-state index in [1.165, 1.54) is 11.0 Å². The maximum atomic E-state index is 11.2. The quantitative estimate of drug-likeness (QED) is 0.831. The van der Waals surface area contributed by atoms with Gasteiger partial charge in [0.2, 0.25) is 5.91 Å². The molecule has 7 heteroatoms. The number of halogens is 1. The first-order valence-electron chi connectivity index (χ1n) is 4.90. The number of hydrogen-bond donors (Lipinski definition) is 1. The minimum absolute atomic E-state index is 0.0749. The molecule has 88 valence electrons. The zero-order valence-corrected chi connectivity index (χ0v) is 9.85. The smallest absolute Gasteiger partial charge is 0.239 e. The fourth-order valence-corrected chi connectivity index (χ4v) is 1.42. The predicted octanol–water partition coefficient (Wildman–Crippen LogP) is 1.15. The molecule has 0 aliphatic carbocycles. The van der Waals surface area contributed by atoms with Crippen molar-refractivity contribution in [2.24, 2.45) is 0 Å². The second kappa shape index (κ2) is 4.92. The van der Waals surface area contributed by atoms with Gasteiger partial charge in [-0.1, -0.05) is 6.07 Å². The Morgan fingerprint density at radius 1 is 1.53 bits per heavy atom. The molecule has 0 spiro atoms. The summed E-state index contributed by atoms with van der Waals surface area (Å²) in [6.45, 7) is 1.90. The van der Waals surface area contributed by atoms with Crippen LogP contribution in [0.2, 0.25) is 0 Å². The van der Waals surface area contributed by atoms with E-state index in [0.29, 0.717) is 5.69 Å². The summed E-state index contributed by atoms with van der Waals surface area (Å²) in [7, 11) is 0. The summed E-state index contributed by atoms with van der Waals surface area (Å²) in [5.41, 5.74) is 2.41. The lowest BCUT2D eigenvalue weighted by atomic mass is 10.2. The van der Waals surface area contributed by atoms with E-state index in [9.17, 15) is 4.79 Å². The Kier molecular flexibility index (Phi) is 3.34. The van der Waals surface area contributed by atoms with E-state index in [4.69, 9.17) is 11.6 Å². The zero-order valence-electron chi connectivity index (χ0n) is 9.09. The number of nitrogens with one attached hydrogen (secondary N) is 1. The van der Waals surface area contributed by atoms with E-state index in [1.54, 1.807) is 6.07 Å². The highest BCUT2D eigenvalue weighted by Crippen LogP contribution is 2.18. The first kappa shape index (κ1) is 11.5. The number of aromatic nitrogens is 4. The van der Waals surface area contributed by atoms with E-state index < -0.39 is 0 Å². The summed E-state index contributed by atoms with van der Waals surface area (Å²) in [5, 5.41) is 13.6. The Morgan fingerprint density at radius 3 is 3.00 bits per heavy atom. The second-order valence-electron chi connectivity index (χ2n) is 3.44. The van der Waals surface area contributed by atoms with Crippen molar-refractivity contribution >= 4 is 23.2 Å². The van der Waals surface area contributed by atoms with Crippen molar-refractivity contribution in [3.8, 4) is 5.69 Å². The number of rotatable bonds is 3. The largest absolute Gasteiger partial charge is 0.325 e. The van der Waals surface area contributed by atoms with Crippen LogP contribution in [0.4, 0.5) is 5.69 Å². The second-order valence-corrected chi connectivity index (χ2v) is 3.70. The minimum atomic E-state index is -0.247. The average Bonchev–Trinajstić information content (AvgIpc) is 2.85. The number of anilines is 1. The van der Waals surface area contributed by atoms with Gasteiger partial charge in [-0.25, -0.2) is 4.68 Å². The van der Waals surface area contributed by atoms with Gasteiger partial charge >= 0.3 is 0 Å². The molecule has 2 rings (SSSR count). The van der Waals surface area contributed by atoms with Crippen LogP contribution in [0.3, 0.4) is 0 Å². The Labute approximate surface area is 103 Å². The molecule has 0 aliphatic rings. The first-order chi connectivity index (χ1) is 8.20. The summed E-state index contributed by atoms with van der Waals surface area (Å²) in [6.07, 6.45) is 1.48. The molecule has 0 aliphatic heterocycles. The number of carbonyl (C=O) groups excluding carboxylic acids is 1. The van der Waals surface area contributed by atoms with Crippen LogP contribution in [0.25, 0.3) is 5.69 Å². The Bertz CT molecular complexity index is 525. The van der Waals surface area contributed by atoms with E-state index in [2.05, 4.69) is 20.8 Å². The van der Waals surface area contributed by atoms with Gasteiger partial charge in [-0.3, -0.25) is 4.79 Å². The lowest BCUT2D eigenvalue weighted by Crippen LogP contribution is -2.13. The van der Waals surface area contributed by atoms with Crippen molar-refractivity contribution in [1.29, 1.82) is 0 Å². The molecule has 0 saturated carbocycles. The number of nitrogens with zero attached hydrogens (tertiary/aromatic N) is 4. The standard InChI is InChI=1S/C10H10ClN5O/c1-7-2-3-8(16-6-12-14-15-16)4-9(7)13-10(17)5-11/h2-4,6H,5H2,1H3,(H,13,17). The van der Waals surface area contributed by atoms with E-state index in [1.807, 2.05) is 19.1 Å². The van der Waals surface area contributed by atoms with Crippen molar-refractivity contribution in [3.63, 3.8) is 0 Å². The molecule has 0 saturated heterocycles. The van der Waals surface area contributed by atoms with Gasteiger partial charge in [-0.05, 0) is 35.0 Å². The Morgan fingerprint density at radius 2 is 2.35 bits per heavy atom. The molecular formula is C10H10ClN5O. The van der Waals surface area contributed by atoms with Crippen LogP contribution in [0.15, 0.2) is 24.5 Å². The molecule has 1 N–H and O–H groups in total. The number of hydrogen-bond acceptors (Lipinski definition) is 4. The Hall–Kier alpha value is -1.95. The van der Waals surface area contributed by atoms with Gasteiger partial charge in [0.1, 0.15) is 12.2 Å². The maximum Gasteiger partial charge on any atom is 0.239 e. The number of alkyl halides is 1. The van der Waals surface area contributed by atoms with E-state index in [0.717, 1.165) is 11.3 Å². The minimum Gasteiger partial charge on any atom is -0.325 e. The topological polar surface area (TPSA) is 72.7 Å². The van der Waals surface area contributed by atoms with E-state index in [-0.39, 0.29) is 11.8 Å². The lowest BCUT2D eigenvalue weighted by molar-refractivity contribution is -0.113. The first-order valence-corrected chi connectivity index (χ1v) is 5.44. The summed E-state index contributed by atoms with van der Waals surface area (Å²) in [5.74, 6) is -0.321. The van der Waals surface area contributed by atoms with Gasteiger partial charge in [0, 0.05) is 5.69 Å². The third kappa shape index (κ3) is 2.59. The van der Waals surface area contributed by atoms with Crippen molar-refractivity contribution in [1.82, 2.24) is 20.2 Å². The molecule has 0 atom stereocenters. The summed E-state index contributed by atoms with van der Waals surface area (Å²) in [6, 6.07) is 5.53. The lowest BCUT2D eigenvalue weighted by Gasteiger charge is -2.09. The molecule has 6 nitrogen and oxygen atoms in total. The summed E-state index contributed by atoms with van der Waals surface area (Å²) < 4.78 is 1.51. The normalized spacial score (nSPS) is 10.2. The fourth-order valence-electron chi connectivity index (χ4n) is 1.35. The van der Waals surface area contributed by atoms with Crippen molar-refractivity contribution < 1.29 is 4.79 Å². The molecular weight excluding hydrogens is 242 g/mol. The molecule has 0 fully saturated rings. The highest BCUT2D eigenvalue weighted by atomic mass is 35.5. The van der Waals surface area contributed by atoms with Gasteiger partial charge in [0.25, 0.3) is 0 Å². The maximum absolute atomic E-state index is 11.2. The van der Waals surface area contributed by atoms with Crippen LogP contribution in [-0.4, -0.2) is 32.0 Å². The predicted molar refractivity (Wildman–Crippen MR) is 63.2 cm³/mol. The average molecular weight is 252 g/mol. The van der Waals surface area contributed by atoms with Crippen molar-refractivity contribution in [2.75, 3.05) is 11.2 Å². The molecule has 1 amide bonds. The molecule has 1 aromatic carbocycles. The number of aryl methyl sites for hydroxylation is 1.